The first kappa shape index (κ1) is 15.4. The van der Waals surface area contributed by atoms with E-state index >= 15 is 0 Å². The monoisotopic (exact) mass is 285 g/mol. The molecule has 1 atom stereocenters. The van der Waals surface area contributed by atoms with Crippen molar-refractivity contribution in [3.63, 3.8) is 0 Å². The number of para-hydroxylation sites is 1. The van der Waals surface area contributed by atoms with Gasteiger partial charge in [-0.15, -0.1) is 0 Å². The van der Waals surface area contributed by atoms with Gasteiger partial charge in [-0.2, -0.15) is 0 Å². The minimum Gasteiger partial charge on any atom is -0.497 e. The van der Waals surface area contributed by atoms with Gasteiger partial charge in [0.25, 0.3) is 0 Å². The molecule has 2 aromatic carbocycles. The fourth-order valence-electron chi connectivity index (χ4n) is 2.25. The van der Waals surface area contributed by atoms with Crippen LogP contribution in [0, 0.1) is 0 Å². The highest BCUT2D eigenvalue weighted by molar-refractivity contribution is 5.35. The zero-order valence-electron chi connectivity index (χ0n) is 12.9. The second-order valence-electron chi connectivity index (χ2n) is 4.92. The number of hydrogen-bond donors (Lipinski definition) is 1. The second kappa shape index (κ2) is 7.70. The molecule has 0 bridgehead atoms. The normalized spacial score (nSPS) is 12.0. The highest BCUT2D eigenvalue weighted by Crippen LogP contribution is 2.25. The molecule has 0 aliphatic carbocycles. The Morgan fingerprint density at radius 1 is 1.05 bits per heavy atom. The van der Waals surface area contributed by atoms with Crippen LogP contribution >= 0.6 is 0 Å². The first-order chi connectivity index (χ1) is 10.2. The molecule has 21 heavy (non-hydrogen) atoms. The topological polar surface area (TPSA) is 30.5 Å². The lowest BCUT2D eigenvalue weighted by Crippen LogP contribution is -2.18. The molecule has 0 aliphatic heterocycles. The molecule has 112 valence electrons. The quantitative estimate of drug-likeness (QED) is 0.835. The average Bonchev–Trinajstić information content (AvgIpc) is 2.54. The summed E-state index contributed by atoms with van der Waals surface area (Å²) in [5.74, 6) is 1.84. The summed E-state index contributed by atoms with van der Waals surface area (Å²) >= 11 is 0. The Kier molecular flexibility index (Phi) is 5.64. The number of rotatable bonds is 7. The first-order valence-corrected chi connectivity index (χ1v) is 7.32. The van der Waals surface area contributed by atoms with Crippen molar-refractivity contribution in [2.75, 3.05) is 13.7 Å². The third kappa shape index (κ3) is 4.23. The van der Waals surface area contributed by atoms with Crippen LogP contribution in [-0.2, 0) is 6.54 Å². The van der Waals surface area contributed by atoms with Gasteiger partial charge in [-0.1, -0.05) is 30.3 Å². The number of ether oxygens (including phenoxy) is 2. The summed E-state index contributed by atoms with van der Waals surface area (Å²) in [6.45, 7) is 5.65. The average molecular weight is 285 g/mol. The van der Waals surface area contributed by atoms with Crippen molar-refractivity contribution in [1.82, 2.24) is 5.32 Å². The van der Waals surface area contributed by atoms with Crippen molar-refractivity contribution in [1.29, 1.82) is 0 Å². The number of benzene rings is 2. The summed E-state index contributed by atoms with van der Waals surface area (Å²) in [7, 11) is 1.68. The van der Waals surface area contributed by atoms with Gasteiger partial charge in [0.2, 0.25) is 0 Å². The van der Waals surface area contributed by atoms with Crippen LogP contribution < -0.4 is 14.8 Å². The second-order valence-corrected chi connectivity index (χ2v) is 4.92. The fourth-order valence-corrected chi connectivity index (χ4v) is 2.25. The Hall–Kier alpha value is -2.00. The molecule has 2 aromatic rings. The summed E-state index contributed by atoms with van der Waals surface area (Å²) in [6, 6.07) is 16.5. The van der Waals surface area contributed by atoms with Crippen molar-refractivity contribution >= 4 is 0 Å². The SMILES string of the molecule is CCOc1ccccc1C(C)NCc1ccc(OC)cc1. The van der Waals surface area contributed by atoms with Gasteiger partial charge in [-0.3, -0.25) is 0 Å². The van der Waals surface area contributed by atoms with Gasteiger partial charge in [-0.05, 0) is 37.6 Å². The van der Waals surface area contributed by atoms with E-state index in [0.717, 1.165) is 18.0 Å². The molecule has 0 aromatic heterocycles. The lowest BCUT2D eigenvalue weighted by molar-refractivity contribution is 0.332. The van der Waals surface area contributed by atoms with Gasteiger partial charge in [0.15, 0.2) is 0 Å². The van der Waals surface area contributed by atoms with Crippen LogP contribution in [0.1, 0.15) is 31.0 Å². The molecular formula is C18H23NO2. The third-order valence-corrected chi connectivity index (χ3v) is 3.46. The van der Waals surface area contributed by atoms with E-state index in [-0.39, 0.29) is 6.04 Å². The van der Waals surface area contributed by atoms with E-state index in [0.29, 0.717) is 6.61 Å². The van der Waals surface area contributed by atoms with Crippen molar-refractivity contribution in [3.8, 4) is 11.5 Å². The van der Waals surface area contributed by atoms with E-state index in [1.807, 2.05) is 37.3 Å². The third-order valence-electron chi connectivity index (χ3n) is 3.46. The van der Waals surface area contributed by atoms with Crippen molar-refractivity contribution in [2.24, 2.45) is 0 Å². The van der Waals surface area contributed by atoms with Crippen molar-refractivity contribution in [2.45, 2.75) is 26.4 Å². The first-order valence-electron chi connectivity index (χ1n) is 7.32. The lowest BCUT2D eigenvalue weighted by atomic mass is 10.1. The summed E-state index contributed by atoms with van der Waals surface area (Å²) in [6.07, 6.45) is 0. The highest BCUT2D eigenvalue weighted by Gasteiger charge is 2.10. The number of hydrogen-bond acceptors (Lipinski definition) is 3. The largest absolute Gasteiger partial charge is 0.497 e. The number of nitrogens with one attached hydrogen (secondary N) is 1. The van der Waals surface area contributed by atoms with Gasteiger partial charge < -0.3 is 14.8 Å². The van der Waals surface area contributed by atoms with Crippen LogP contribution in [0.3, 0.4) is 0 Å². The zero-order valence-corrected chi connectivity index (χ0v) is 12.9. The zero-order chi connectivity index (χ0) is 15.1. The molecule has 3 nitrogen and oxygen atoms in total. The van der Waals surface area contributed by atoms with Crippen LogP contribution in [0.15, 0.2) is 48.5 Å². The molecule has 0 amide bonds. The predicted octanol–water partition coefficient (Wildman–Crippen LogP) is 3.94. The van der Waals surface area contributed by atoms with Crippen LogP contribution in [-0.4, -0.2) is 13.7 Å². The minimum atomic E-state index is 0.231. The van der Waals surface area contributed by atoms with Crippen LogP contribution in [0.5, 0.6) is 11.5 Å². The van der Waals surface area contributed by atoms with Gasteiger partial charge in [0.1, 0.15) is 11.5 Å². The van der Waals surface area contributed by atoms with E-state index < -0.39 is 0 Å². The lowest BCUT2D eigenvalue weighted by Gasteiger charge is -2.18. The highest BCUT2D eigenvalue weighted by atomic mass is 16.5. The molecule has 0 heterocycles. The van der Waals surface area contributed by atoms with E-state index in [4.69, 9.17) is 9.47 Å². The van der Waals surface area contributed by atoms with E-state index in [1.54, 1.807) is 7.11 Å². The van der Waals surface area contributed by atoms with Gasteiger partial charge in [0, 0.05) is 18.2 Å². The fraction of sp³-hybridized carbons (Fsp3) is 0.333. The van der Waals surface area contributed by atoms with E-state index in [1.165, 1.54) is 11.1 Å². The molecule has 0 saturated heterocycles. The van der Waals surface area contributed by atoms with Crippen LogP contribution in [0.2, 0.25) is 0 Å². The Labute approximate surface area is 126 Å². The Bertz CT molecular complexity index is 551. The molecule has 0 fully saturated rings. The Balaban J connectivity index is 1.99. The maximum atomic E-state index is 5.68. The van der Waals surface area contributed by atoms with Crippen molar-refractivity contribution in [3.05, 3.63) is 59.7 Å². The molecule has 0 radical (unpaired) electrons. The summed E-state index contributed by atoms with van der Waals surface area (Å²) in [5, 5.41) is 3.53. The number of methoxy groups -OCH3 is 1. The summed E-state index contributed by atoms with van der Waals surface area (Å²) in [5.41, 5.74) is 2.42. The molecule has 1 unspecified atom stereocenters. The molecule has 0 spiro atoms. The van der Waals surface area contributed by atoms with Crippen LogP contribution in [0.25, 0.3) is 0 Å². The molecule has 0 aliphatic rings. The van der Waals surface area contributed by atoms with Gasteiger partial charge in [0.05, 0.1) is 13.7 Å². The maximum absolute atomic E-state index is 5.68. The summed E-state index contributed by atoms with van der Waals surface area (Å²) < 4.78 is 10.9. The van der Waals surface area contributed by atoms with Gasteiger partial charge >= 0.3 is 0 Å². The molecule has 3 heteroatoms. The standard InChI is InChI=1S/C18H23NO2/c1-4-21-18-8-6-5-7-17(18)14(2)19-13-15-9-11-16(20-3)12-10-15/h5-12,14,19H,4,13H2,1-3H3. The van der Waals surface area contributed by atoms with Crippen molar-refractivity contribution < 1.29 is 9.47 Å². The van der Waals surface area contributed by atoms with E-state index in [9.17, 15) is 0 Å². The smallest absolute Gasteiger partial charge is 0.124 e. The summed E-state index contributed by atoms with van der Waals surface area (Å²) in [4.78, 5) is 0. The Morgan fingerprint density at radius 3 is 2.43 bits per heavy atom. The Morgan fingerprint density at radius 2 is 1.76 bits per heavy atom. The van der Waals surface area contributed by atoms with E-state index in [2.05, 4.69) is 30.4 Å². The minimum absolute atomic E-state index is 0.231. The molecule has 1 N–H and O–H groups in total. The molecule has 2 rings (SSSR count). The molecule has 0 saturated carbocycles. The molecular weight excluding hydrogens is 262 g/mol. The van der Waals surface area contributed by atoms with Crippen LogP contribution in [0.4, 0.5) is 0 Å². The predicted molar refractivity (Wildman–Crippen MR) is 85.9 cm³/mol. The maximum Gasteiger partial charge on any atom is 0.124 e. The van der Waals surface area contributed by atoms with Gasteiger partial charge in [-0.25, -0.2) is 0 Å².